The van der Waals surface area contributed by atoms with Crippen molar-refractivity contribution < 1.29 is 0 Å². The van der Waals surface area contributed by atoms with Crippen LogP contribution >= 0.6 is 0 Å². The van der Waals surface area contributed by atoms with Crippen molar-refractivity contribution in [1.29, 1.82) is 0 Å². The van der Waals surface area contributed by atoms with Gasteiger partial charge in [-0.15, -0.1) is 0 Å². The van der Waals surface area contributed by atoms with E-state index in [1.165, 1.54) is 5.56 Å². The summed E-state index contributed by atoms with van der Waals surface area (Å²) in [4.78, 5) is 6.89. The highest BCUT2D eigenvalue weighted by Gasteiger charge is 2.28. The average Bonchev–Trinajstić information content (AvgIpc) is 2.93. The van der Waals surface area contributed by atoms with Gasteiger partial charge in [-0.25, -0.2) is 4.98 Å². The third-order valence-electron chi connectivity index (χ3n) is 4.36. The van der Waals surface area contributed by atoms with Crippen LogP contribution in [0.15, 0.2) is 36.7 Å². The minimum absolute atomic E-state index is 0.391. The Morgan fingerprint density at radius 1 is 1.29 bits per heavy atom. The Hall–Kier alpha value is -1.72. The van der Waals surface area contributed by atoms with Crippen LogP contribution in [0.5, 0.6) is 0 Å². The number of hydrogen-bond acceptors (Lipinski definition) is 4. The molecule has 1 aromatic heterocycles. The Kier molecular flexibility index (Phi) is 4.31. The van der Waals surface area contributed by atoms with E-state index in [9.17, 15) is 0 Å². The van der Waals surface area contributed by atoms with E-state index in [4.69, 9.17) is 0 Å². The summed E-state index contributed by atoms with van der Waals surface area (Å²) >= 11 is 0. The van der Waals surface area contributed by atoms with Crippen molar-refractivity contribution in [2.45, 2.75) is 32.0 Å². The summed E-state index contributed by atoms with van der Waals surface area (Å²) in [6.07, 6.45) is 2.78. The third-order valence-corrected chi connectivity index (χ3v) is 4.36. The molecular formula is C16H23N5. The van der Waals surface area contributed by atoms with E-state index in [1.54, 1.807) is 6.33 Å². The molecule has 1 aromatic carbocycles. The van der Waals surface area contributed by atoms with Gasteiger partial charge in [-0.2, -0.15) is 5.10 Å². The van der Waals surface area contributed by atoms with Crippen molar-refractivity contribution in [3.63, 3.8) is 0 Å². The first kappa shape index (κ1) is 14.2. The minimum atomic E-state index is 0.391. The summed E-state index contributed by atoms with van der Waals surface area (Å²) in [6.45, 7) is 5.14. The first-order valence-corrected chi connectivity index (χ1v) is 7.63. The molecule has 21 heavy (non-hydrogen) atoms. The molecule has 0 radical (unpaired) electrons. The molecule has 5 heteroatoms. The van der Waals surface area contributed by atoms with Crippen LogP contribution in [-0.4, -0.2) is 38.8 Å². The summed E-state index contributed by atoms with van der Waals surface area (Å²) < 4.78 is 1.87. The molecule has 0 spiro atoms. The number of hydrogen-bond donors (Lipinski definition) is 1. The summed E-state index contributed by atoms with van der Waals surface area (Å²) in [6, 6.07) is 11.6. The fourth-order valence-electron chi connectivity index (χ4n) is 3.01. The van der Waals surface area contributed by atoms with Gasteiger partial charge in [-0.1, -0.05) is 37.3 Å². The maximum atomic E-state index is 4.37. The SMILES string of the molecule is CCC1CNC(c2ccccc2)CN1Cc1ncnn1C. The average molecular weight is 285 g/mol. The molecule has 2 heterocycles. The van der Waals surface area contributed by atoms with Crippen LogP contribution in [0.1, 0.15) is 30.8 Å². The lowest BCUT2D eigenvalue weighted by Crippen LogP contribution is -2.52. The Labute approximate surface area is 126 Å². The lowest BCUT2D eigenvalue weighted by molar-refractivity contribution is 0.114. The maximum absolute atomic E-state index is 4.37. The van der Waals surface area contributed by atoms with E-state index in [2.05, 4.69) is 57.6 Å². The molecule has 112 valence electrons. The van der Waals surface area contributed by atoms with Crippen molar-refractivity contribution in [2.75, 3.05) is 13.1 Å². The van der Waals surface area contributed by atoms with Crippen molar-refractivity contribution in [3.05, 3.63) is 48.0 Å². The highest BCUT2D eigenvalue weighted by molar-refractivity contribution is 5.20. The summed E-state index contributed by atoms with van der Waals surface area (Å²) in [5, 5.41) is 7.85. The summed E-state index contributed by atoms with van der Waals surface area (Å²) in [5.74, 6) is 1.03. The number of benzene rings is 1. The van der Waals surface area contributed by atoms with Gasteiger partial charge < -0.3 is 5.32 Å². The van der Waals surface area contributed by atoms with E-state index in [-0.39, 0.29) is 0 Å². The molecule has 0 amide bonds. The molecule has 2 atom stereocenters. The zero-order chi connectivity index (χ0) is 14.7. The van der Waals surface area contributed by atoms with Crippen LogP contribution in [-0.2, 0) is 13.6 Å². The van der Waals surface area contributed by atoms with Crippen LogP contribution in [0.25, 0.3) is 0 Å². The van der Waals surface area contributed by atoms with Gasteiger partial charge in [0.15, 0.2) is 0 Å². The highest BCUT2D eigenvalue weighted by Crippen LogP contribution is 2.22. The fraction of sp³-hybridized carbons (Fsp3) is 0.500. The molecule has 3 rings (SSSR count). The lowest BCUT2D eigenvalue weighted by atomic mass is 10.0. The smallest absolute Gasteiger partial charge is 0.140 e. The first-order valence-electron chi connectivity index (χ1n) is 7.63. The maximum Gasteiger partial charge on any atom is 0.140 e. The molecular weight excluding hydrogens is 262 g/mol. The monoisotopic (exact) mass is 285 g/mol. The summed E-state index contributed by atoms with van der Waals surface area (Å²) in [7, 11) is 1.96. The molecule has 1 aliphatic rings. The van der Waals surface area contributed by atoms with Crippen LogP contribution < -0.4 is 5.32 Å². The van der Waals surface area contributed by atoms with E-state index < -0.39 is 0 Å². The van der Waals surface area contributed by atoms with Gasteiger partial charge >= 0.3 is 0 Å². The Morgan fingerprint density at radius 2 is 2.10 bits per heavy atom. The Morgan fingerprint density at radius 3 is 2.76 bits per heavy atom. The van der Waals surface area contributed by atoms with Crippen LogP contribution in [0.3, 0.4) is 0 Å². The minimum Gasteiger partial charge on any atom is -0.307 e. The van der Waals surface area contributed by atoms with E-state index in [1.807, 2.05) is 11.7 Å². The van der Waals surface area contributed by atoms with Crippen LogP contribution in [0.4, 0.5) is 0 Å². The molecule has 1 fully saturated rings. The highest BCUT2D eigenvalue weighted by atomic mass is 15.3. The molecule has 2 unspecified atom stereocenters. The lowest BCUT2D eigenvalue weighted by Gasteiger charge is -2.40. The molecule has 1 N–H and O–H groups in total. The fourth-order valence-corrected chi connectivity index (χ4v) is 3.01. The molecule has 5 nitrogen and oxygen atoms in total. The standard InChI is InChI=1S/C16H23N5/c1-3-14-9-17-15(13-7-5-4-6-8-13)10-21(14)11-16-18-12-19-20(16)2/h4-8,12,14-15,17H,3,9-11H2,1-2H3. The van der Waals surface area contributed by atoms with E-state index in [0.717, 1.165) is 31.9 Å². The van der Waals surface area contributed by atoms with Gasteiger partial charge in [0.05, 0.1) is 6.54 Å². The molecule has 0 saturated carbocycles. The molecule has 0 bridgehead atoms. The van der Waals surface area contributed by atoms with Crippen molar-refractivity contribution in [1.82, 2.24) is 25.0 Å². The topological polar surface area (TPSA) is 46.0 Å². The third kappa shape index (κ3) is 3.14. The van der Waals surface area contributed by atoms with Gasteiger partial charge in [0, 0.05) is 32.2 Å². The summed E-state index contributed by atoms with van der Waals surface area (Å²) in [5.41, 5.74) is 1.36. The normalized spacial score (nSPS) is 23.3. The molecule has 1 saturated heterocycles. The van der Waals surface area contributed by atoms with Crippen LogP contribution in [0, 0.1) is 0 Å². The quantitative estimate of drug-likeness (QED) is 0.929. The second-order valence-corrected chi connectivity index (χ2v) is 5.66. The Balaban J connectivity index is 1.74. The Bertz CT molecular complexity index is 565. The second kappa shape index (κ2) is 6.37. The first-order chi connectivity index (χ1) is 10.3. The largest absolute Gasteiger partial charge is 0.307 e. The second-order valence-electron chi connectivity index (χ2n) is 5.66. The zero-order valence-electron chi connectivity index (χ0n) is 12.7. The van der Waals surface area contributed by atoms with Gasteiger partial charge in [0.2, 0.25) is 0 Å². The zero-order valence-corrected chi connectivity index (χ0v) is 12.7. The van der Waals surface area contributed by atoms with Crippen molar-refractivity contribution in [3.8, 4) is 0 Å². The number of nitrogens with zero attached hydrogens (tertiary/aromatic N) is 4. The molecule has 2 aromatic rings. The van der Waals surface area contributed by atoms with Crippen LogP contribution in [0.2, 0.25) is 0 Å². The predicted octanol–water partition coefficient (Wildman–Crippen LogP) is 1.74. The number of rotatable bonds is 4. The number of aromatic nitrogens is 3. The molecule has 1 aliphatic heterocycles. The van der Waals surface area contributed by atoms with Gasteiger partial charge in [0.1, 0.15) is 12.2 Å². The predicted molar refractivity (Wildman–Crippen MR) is 82.7 cm³/mol. The number of piperazine rings is 1. The van der Waals surface area contributed by atoms with Gasteiger partial charge in [-0.3, -0.25) is 9.58 Å². The van der Waals surface area contributed by atoms with Gasteiger partial charge in [-0.05, 0) is 12.0 Å². The molecule has 0 aliphatic carbocycles. The van der Waals surface area contributed by atoms with Gasteiger partial charge in [0.25, 0.3) is 0 Å². The van der Waals surface area contributed by atoms with Crippen molar-refractivity contribution in [2.24, 2.45) is 7.05 Å². The number of aryl methyl sites for hydroxylation is 1. The van der Waals surface area contributed by atoms with E-state index in [0.29, 0.717) is 12.1 Å². The van der Waals surface area contributed by atoms with E-state index >= 15 is 0 Å². The number of nitrogens with one attached hydrogen (secondary N) is 1. The van der Waals surface area contributed by atoms with Crippen molar-refractivity contribution >= 4 is 0 Å².